The molecule has 0 radical (unpaired) electrons. The number of carbonyl (C=O) groups is 3. The molecule has 1 fully saturated rings. The van der Waals surface area contributed by atoms with Crippen molar-refractivity contribution in [1.82, 2.24) is 15.2 Å². The Morgan fingerprint density at radius 2 is 2.08 bits per heavy atom. The Morgan fingerprint density at radius 1 is 1.35 bits per heavy atom. The number of thioether (sulfide) groups is 1. The van der Waals surface area contributed by atoms with Gasteiger partial charge in [-0.1, -0.05) is 18.2 Å². The minimum Gasteiger partial charge on any atom is -0.481 e. The number of benzene rings is 1. The maximum atomic E-state index is 13.0. The van der Waals surface area contributed by atoms with Crippen molar-refractivity contribution in [2.45, 2.75) is 19.9 Å². The van der Waals surface area contributed by atoms with Gasteiger partial charge in [0, 0.05) is 29.4 Å². The third kappa shape index (κ3) is 3.41. The number of para-hydroxylation sites is 1. The molecule has 1 aromatic heterocycles. The number of aromatic nitrogens is 1. The molecule has 2 aromatic rings. The monoisotopic (exact) mass is 375 g/mol. The summed E-state index contributed by atoms with van der Waals surface area (Å²) in [6.45, 7) is 3.11. The molecule has 138 valence electrons. The Balaban J connectivity index is 1.74. The Labute approximate surface area is 155 Å². The number of H-pyrrole nitrogens is 1. The second kappa shape index (κ2) is 7.03. The maximum absolute atomic E-state index is 13.0. The van der Waals surface area contributed by atoms with Crippen LogP contribution in [0.4, 0.5) is 0 Å². The van der Waals surface area contributed by atoms with Crippen LogP contribution in [0.5, 0.6) is 0 Å². The van der Waals surface area contributed by atoms with Gasteiger partial charge < -0.3 is 20.3 Å². The first-order valence-electron chi connectivity index (χ1n) is 8.27. The van der Waals surface area contributed by atoms with Gasteiger partial charge in [0.2, 0.25) is 5.91 Å². The molecule has 0 aliphatic carbocycles. The number of hydrogen-bond donors (Lipinski definition) is 3. The first-order chi connectivity index (χ1) is 12.3. The number of aliphatic carboxylic acids is 1. The fourth-order valence-electron chi connectivity index (χ4n) is 2.76. The van der Waals surface area contributed by atoms with Crippen molar-refractivity contribution < 1.29 is 19.5 Å². The molecule has 0 saturated carbocycles. The highest BCUT2D eigenvalue weighted by molar-refractivity contribution is 7.99. The van der Waals surface area contributed by atoms with E-state index in [1.165, 1.54) is 11.8 Å². The molecule has 3 N–H and O–H groups in total. The zero-order valence-electron chi connectivity index (χ0n) is 14.6. The SMILES string of the molecule is CC(C)(CNC(=O)C1CSCN1C(=O)c1c[nH]c2ccccc12)C(=O)O. The molecule has 2 amide bonds. The standard InChI is InChI=1S/C18H21N3O4S/c1-18(2,17(24)25)9-20-15(22)14-8-26-10-21(14)16(23)12-7-19-13-6-4-3-5-11(12)13/h3-7,14,19H,8-10H2,1-2H3,(H,20,22)(H,24,25). The van der Waals surface area contributed by atoms with E-state index in [9.17, 15) is 14.4 Å². The second-order valence-electron chi connectivity index (χ2n) is 6.95. The topological polar surface area (TPSA) is 103 Å². The molecule has 1 aromatic carbocycles. The Bertz CT molecular complexity index is 861. The molecular formula is C18H21N3O4S. The molecule has 3 rings (SSSR count). The molecule has 1 saturated heterocycles. The highest BCUT2D eigenvalue weighted by atomic mass is 32.2. The fraction of sp³-hybridized carbons (Fsp3) is 0.389. The number of nitrogens with zero attached hydrogens (tertiary/aromatic N) is 1. The van der Waals surface area contributed by atoms with Crippen LogP contribution < -0.4 is 5.32 Å². The van der Waals surface area contributed by atoms with Crippen LogP contribution in [0, 0.1) is 5.41 Å². The Hall–Kier alpha value is -2.48. The van der Waals surface area contributed by atoms with Gasteiger partial charge >= 0.3 is 5.97 Å². The summed E-state index contributed by atoms with van der Waals surface area (Å²) in [6.07, 6.45) is 1.67. The summed E-state index contributed by atoms with van der Waals surface area (Å²) in [4.78, 5) is 41.3. The lowest BCUT2D eigenvalue weighted by molar-refractivity contribution is -0.146. The first-order valence-corrected chi connectivity index (χ1v) is 9.42. The van der Waals surface area contributed by atoms with Gasteiger partial charge in [-0.25, -0.2) is 0 Å². The lowest BCUT2D eigenvalue weighted by atomic mass is 9.94. The average molecular weight is 375 g/mol. The van der Waals surface area contributed by atoms with E-state index in [4.69, 9.17) is 5.11 Å². The second-order valence-corrected chi connectivity index (χ2v) is 7.95. The van der Waals surface area contributed by atoms with Crippen LogP contribution >= 0.6 is 11.8 Å². The van der Waals surface area contributed by atoms with Crippen molar-refractivity contribution in [2.24, 2.45) is 5.41 Å². The van der Waals surface area contributed by atoms with E-state index < -0.39 is 17.4 Å². The zero-order chi connectivity index (χ0) is 18.9. The van der Waals surface area contributed by atoms with Crippen LogP contribution in [0.2, 0.25) is 0 Å². The summed E-state index contributed by atoms with van der Waals surface area (Å²) in [5.41, 5.74) is 0.339. The molecular weight excluding hydrogens is 354 g/mol. The van der Waals surface area contributed by atoms with E-state index in [2.05, 4.69) is 10.3 Å². The summed E-state index contributed by atoms with van der Waals surface area (Å²) in [6, 6.07) is 6.91. The van der Waals surface area contributed by atoms with Crippen LogP contribution in [0.25, 0.3) is 10.9 Å². The van der Waals surface area contributed by atoms with Crippen LogP contribution in [-0.2, 0) is 9.59 Å². The molecule has 0 bridgehead atoms. The molecule has 26 heavy (non-hydrogen) atoms. The lowest BCUT2D eigenvalue weighted by Gasteiger charge is -2.25. The third-order valence-corrected chi connectivity index (χ3v) is 5.56. The van der Waals surface area contributed by atoms with Gasteiger partial charge in [0.05, 0.1) is 16.9 Å². The number of carboxylic acid groups (broad SMARTS) is 1. The number of hydrogen-bond acceptors (Lipinski definition) is 4. The highest BCUT2D eigenvalue weighted by Crippen LogP contribution is 2.26. The smallest absolute Gasteiger partial charge is 0.310 e. The molecule has 8 heteroatoms. The van der Waals surface area contributed by atoms with Crippen molar-refractivity contribution in [3.05, 3.63) is 36.0 Å². The summed E-state index contributed by atoms with van der Waals surface area (Å²) in [5.74, 6) is -0.584. The van der Waals surface area contributed by atoms with E-state index in [-0.39, 0.29) is 18.4 Å². The highest BCUT2D eigenvalue weighted by Gasteiger charge is 2.37. The minimum absolute atomic E-state index is 0.0114. The number of aromatic amines is 1. The summed E-state index contributed by atoms with van der Waals surface area (Å²) in [7, 11) is 0. The van der Waals surface area contributed by atoms with Crippen LogP contribution in [-0.4, -0.2) is 57.0 Å². The lowest BCUT2D eigenvalue weighted by Crippen LogP contribution is -2.50. The number of nitrogens with one attached hydrogen (secondary N) is 2. The number of carboxylic acids is 1. The Kier molecular flexibility index (Phi) is 4.95. The van der Waals surface area contributed by atoms with Crippen molar-refractivity contribution in [1.29, 1.82) is 0 Å². The van der Waals surface area contributed by atoms with Gasteiger partial charge in [0.25, 0.3) is 5.91 Å². The van der Waals surface area contributed by atoms with Gasteiger partial charge in [0.1, 0.15) is 6.04 Å². The summed E-state index contributed by atoms with van der Waals surface area (Å²) >= 11 is 1.51. The molecule has 1 unspecified atom stereocenters. The maximum Gasteiger partial charge on any atom is 0.310 e. The quantitative estimate of drug-likeness (QED) is 0.741. The van der Waals surface area contributed by atoms with Gasteiger partial charge in [0.15, 0.2) is 0 Å². The van der Waals surface area contributed by atoms with E-state index in [0.29, 0.717) is 17.2 Å². The van der Waals surface area contributed by atoms with E-state index in [1.807, 2.05) is 24.3 Å². The molecule has 1 aliphatic rings. The first kappa shape index (κ1) is 18.3. The number of carbonyl (C=O) groups excluding carboxylic acids is 2. The van der Waals surface area contributed by atoms with E-state index >= 15 is 0 Å². The van der Waals surface area contributed by atoms with Crippen LogP contribution in [0.15, 0.2) is 30.5 Å². The van der Waals surface area contributed by atoms with Crippen molar-refractivity contribution in [2.75, 3.05) is 18.2 Å². The summed E-state index contributed by atoms with van der Waals surface area (Å²) < 4.78 is 0. The zero-order valence-corrected chi connectivity index (χ0v) is 15.4. The fourth-order valence-corrected chi connectivity index (χ4v) is 3.92. The van der Waals surface area contributed by atoms with E-state index in [1.54, 1.807) is 24.9 Å². The van der Waals surface area contributed by atoms with Crippen molar-refractivity contribution in [3.8, 4) is 0 Å². The van der Waals surface area contributed by atoms with E-state index in [0.717, 1.165) is 10.9 Å². The molecule has 0 spiro atoms. The van der Waals surface area contributed by atoms with Gasteiger partial charge in [-0.05, 0) is 19.9 Å². The number of rotatable bonds is 5. The largest absolute Gasteiger partial charge is 0.481 e. The van der Waals surface area contributed by atoms with Crippen molar-refractivity contribution >= 4 is 40.4 Å². The number of amides is 2. The number of fused-ring (bicyclic) bond motifs is 1. The van der Waals surface area contributed by atoms with Gasteiger partial charge in [-0.15, -0.1) is 11.8 Å². The van der Waals surface area contributed by atoms with Crippen LogP contribution in [0.1, 0.15) is 24.2 Å². The predicted octanol–water partition coefficient (Wildman–Crippen LogP) is 1.91. The average Bonchev–Trinajstić information content (AvgIpc) is 3.26. The molecule has 1 aliphatic heterocycles. The minimum atomic E-state index is -1.06. The predicted molar refractivity (Wildman–Crippen MR) is 100 cm³/mol. The van der Waals surface area contributed by atoms with Gasteiger partial charge in [-0.3, -0.25) is 14.4 Å². The summed E-state index contributed by atoms with van der Waals surface area (Å²) in [5, 5.41) is 12.7. The third-order valence-electron chi connectivity index (χ3n) is 4.55. The van der Waals surface area contributed by atoms with Gasteiger partial charge in [-0.2, -0.15) is 0 Å². The molecule has 2 heterocycles. The van der Waals surface area contributed by atoms with Crippen molar-refractivity contribution in [3.63, 3.8) is 0 Å². The van der Waals surface area contributed by atoms with Crippen LogP contribution in [0.3, 0.4) is 0 Å². The Morgan fingerprint density at radius 3 is 2.81 bits per heavy atom. The molecule has 7 nitrogen and oxygen atoms in total. The molecule has 1 atom stereocenters. The normalized spacial score (nSPS) is 17.5.